The van der Waals surface area contributed by atoms with Gasteiger partial charge in [0.2, 0.25) is 5.76 Å². The zero-order valence-corrected chi connectivity index (χ0v) is 11.6. The first-order valence-electron chi connectivity index (χ1n) is 5.71. The fourth-order valence-corrected chi connectivity index (χ4v) is 3.01. The van der Waals surface area contributed by atoms with Gasteiger partial charge in [-0.3, -0.25) is 0 Å². The van der Waals surface area contributed by atoms with Gasteiger partial charge in [0.25, 0.3) is 0 Å². The number of hydrogen-bond acceptors (Lipinski definition) is 4. The third kappa shape index (κ3) is 3.10. The number of aromatic carboxylic acids is 1. The standard InChI is InChI=1S/C13H10F2O5S/c1-7-4-8(20-12(7)13(16)17)6-21(18,19)9-2-3-10(14)11(15)5-9/h2-5H,6H2,1H3,(H,16,17). The summed E-state index contributed by atoms with van der Waals surface area (Å²) in [6.45, 7) is 1.46. The lowest BCUT2D eigenvalue weighted by atomic mass is 10.3. The van der Waals surface area contributed by atoms with Crippen LogP contribution >= 0.6 is 0 Å². The van der Waals surface area contributed by atoms with Crippen molar-refractivity contribution in [1.82, 2.24) is 0 Å². The average molecular weight is 316 g/mol. The Morgan fingerprint density at radius 3 is 2.43 bits per heavy atom. The number of rotatable bonds is 4. The molecule has 0 aliphatic rings. The molecule has 112 valence electrons. The van der Waals surface area contributed by atoms with Crippen molar-refractivity contribution >= 4 is 15.8 Å². The van der Waals surface area contributed by atoms with Crippen molar-refractivity contribution in [3.8, 4) is 0 Å². The number of aryl methyl sites for hydroxylation is 1. The molecule has 2 aromatic rings. The quantitative estimate of drug-likeness (QED) is 0.876. The highest BCUT2D eigenvalue weighted by molar-refractivity contribution is 7.90. The zero-order chi connectivity index (χ0) is 15.8. The fourth-order valence-electron chi connectivity index (χ4n) is 1.77. The number of carbonyl (C=O) groups is 1. The van der Waals surface area contributed by atoms with Crippen molar-refractivity contribution in [1.29, 1.82) is 0 Å². The average Bonchev–Trinajstić information content (AvgIpc) is 2.72. The predicted molar refractivity (Wildman–Crippen MR) is 67.7 cm³/mol. The number of carboxylic acids is 1. The van der Waals surface area contributed by atoms with Crippen molar-refractivity contribution in [3.63, 3.8) is 0 Å². The van der Waals surface area contributed by atoms with Crippen LogP contribution in [0.3, 0.4) is 0 Å². The molecular formula is C13H10F2O5S. The molecule has 0 aliphatic heterocycles. The summed E-state index contributed by atoms with van der Waals surface area (Å²) in [7, 11) is -3.98. The van der Waals surface area contributed by atoms with Crippen molar-refractivity contribution in [2.45, 2.75) is 17.6 Å². The Balaban J connectivity index is 2.35. The molecular weight excluding hydrogens is 306 g/mol. The van der Waals surface area contributed by atoms with Crippen molar-refractivity contribution in [3.05, 3.63) is 53.0 Å². The van der Waals surface area contributed by atoms with E-state index < -0.39 is 38.1 Å². The van der Waals surface area contributed by atoms with Crippen LogP contribution in [0.25, 0.3) is 0 Å². The maximum atomic E-state index is 13.1. The molecule has 0 fully saturated rings. The third-order valence-electron chi connectivity index (χ3n) is 2.75. The molecule has 1 aromatic heterocycles. The maximum absolute atomic E-state index is 13.1. The minimum atomic E-state index is -3.98. The minimum Gasteiger partial charge on any atom is -0.475 e. The zero-order valence-electron chi connectivity index (χ0n) is 10.8. The molecule has 0 radical (unpaired) electrons. The molecule has 0 bridgehead atoms. The van der Waals surface area contributed by atoms with Gasteiger partial charge in [-0.15, -0.1) is 0 Å². The number of halogens is 2. The molecule has 0 saturated heterocycles. The maximum Gasteiger partial charge on any atom is 0.372 e. The molecule has 21 heavy (non-hydrogen) atoms. The first-order chi connectivity index (χ1) is 9.70. The molecule has 1 aromatic carbocycles. The smallest absolute Gasteiger partial charge is 0.372 e. The summed E-state index contributed by atoms with van der Waals surface area (Å²) in [5.41, 5.74) is 0.276. The summed E-state index contributed by atoms with van der Waals surface area (Å²) in [4.78, 5) is 10.4. The second-order valence-electron chi connectivity index (χ2n) is 4.37. The molecule has 5 nitrogen and oxygen atoms in total. The molecule has 8 heteroatoms. The molecule has 0 amide bonds. The molecule has 1 heterocycles. The van der Waals surface area contributed by atoms with Crippen molar-refractivity contribution < 1.29 is 31.5 Å². The first-order valence-corrected chi connectivity index (χ1v) is 7.36. The summed E-state index contributed by atoms with van der Waals surface area (Å²) in [6.07, 6.45) is 0. The van der Waals surface area contributed by atoms with E-state index in [0.717, 1.165) is 6.07 Å². The monoisotopic (exact) mass is 316 g/mol. The highest BCUT2D eigenvalue weighted by Gasteiger charge is 2.22. The van der Waals surface area contributed by atoms with Gasteiger partial charge < -0.3 is 9.52 Å². The lowest BCUT2D eigenvalue weighted by Gasteiger charge is -2.03. The van der Waals surface area contributed by atoms with Crippen LogP contribution in [0.1, 0.15) is 21.9 Å². The van der Waals surface area contributed by atoms with Gasteiger partial charge in [0.05, 0.1) is 4.90 Å². The van der Waals surface area contributed by atoms with Crippen LogP contribution in [0, 0.1) is 18.6 Å². The van der Waals surface area contributed by atoms with Crippen LogP contribution in [0.15, 0.2) is 33.6 Å². The molecule has 0 unspecified atom stereocenters. The van der Waals surface area contributed by atoms with Crippen LogP contribution in [-0.4, -0.2) is 19.5 Å². The summed E-state index contributed by atoms with van der Waals surface area (Å²) in [6, 6.07) is 3.49. The van der Waals surface area contributed by atoms with Crippen LogP contribution < -0.4 is 0 Å². The highest BCUT2D eigenvalue weighted by atomic mass is 32.2. The largest absolute Gasteiger partial charge is 0.475 e. The Morgan fingerprint density at radius 1 is 1.24 bits per heavy atom. The fraction of sp³-hybridized carbons (Fsp3) is 0.154. The Bertz CT molecular complexity index is 808. The number of carboxylic acid groups (broad SMARTS) is 1. The highest BCUT2D eigenvalue weighted by Crippen LogP contribution is 2.22. The summed E-state index contributed by atoms with van der Waals surface area (Å²) in [5.74, 6) is -4.84. The van der Waals surface area contributed by atoms with Crippen molar-refractivity contribution in [2.75, 3.05) is 0 Å². The third-order valence-corrected chi connectivity index (χ3v) is 4.38. The second kappa shape index (κ2) is 5.28. The molecule has 1 N–H and O–H groups in total. The predicted octanol–water partition coefficient (Wildman–Crippen LogP) is 2.54. The van der Waals surface area contributed by atoms with E-state index in [0.29, 0.717) is 12.1 Å². The van der Waals surface area contributed by atoms with Crippen molar-refractivity contribution in [2.24, 2.45) is 0 Å². The minimum absolute atomic E-state index is 0.0883. The van der Waals surface area contributed by atoms with Gasteiger partial charge in [-0.1, -0.05) is 0 Å². The Kier molecular flexibility index (Phi) is 3.82. The lowest BCUT2D eigenvalue weighted by molar-refractivity contribution is 0.0659. The van der Waals surface area contributed by atoms with Crippen LogP contribution in [0.4, 0.5) is 8.78 Å². The summed E-state index contributed by atoms with van der Waals surface area (Å²) >= 11 is 0. The van der Waals surface area contributed by atoms with Crippen LogP contribution in [0.5, 0.6) is 0 Å². The van der Waals surface area contributed by atoms with Crippen LogP contribution in [-0.2, 0) is 15.6 Å². The van der Waals surface area contributed by atoms with Crippen LogP contribution in [0.2, 0.25) is 0 Å². The summed E-state index contributed by atoms with van der Waals surface area (Å²) < 4.78 is 54.9. The van der Waals surface area contributed by atoms with E-state index in [1.54, 1.807) is 0 Å². The normalized spacial score (nSPS) is 11.6. The van der Waals surface area contributed by atoms with E-state index in [1.807, 2.05) is 0 Å². The van der Waals surface area contributed by atoms with E-state index in [4.69, 9.17) is 9.52 Å². The van der Waals surface area contributed by atoms with E-state index in [9.17, 15) is 22.0 Å². The Labute approximate surface area is 118 Å². The number of benzene rings is 1. The molecule has 2 rings (SSSR count). The van der Waals surface area contributed by atoms with E-state index >= 15 is 0 Å². The second-order valence-corrected chi connectivity index (χ2v) is 6.35. The SMILES string of the molecule is Cc1cc(CS(=O)(=O)c2ccc(F)c(F)c2)oc1C(=O)O. The number of sulfone groups is 1. The molecule has 0 saturated carbocycles. The Hall–Kier alpha value is -2.22. The van der Waals surface area contributed by atoms with E-state index in [2.05, 4.69) is 0 Å². The van der Waals surface area contributed by atoms with Gasteiger partial charge in [0, 0.05) is 5.56 Å². The van der Waals surface area contributed by atoms with Gasteiger partial charge in [-0.05, 0) is 31.2 Å². The van der Waals surface area contributed by atoms with Gasteiger partial charge in [-0.2, -0.15) is 0 Å². The number of furan rings is 1. The summed E-state index contributed by atoms with van der Waals surface area (Å²) in [5, 5.41) is 8.83. The molecule has 0 atom stereocenters. The van der Waals surface area contributed by atoms with Gasteiger partial charge in [-0.25, -0.2) is 22.0 Å². The lowest BCUT2D eigenvalue weighted by Crippen LogP contribution is -2.05. The van der Waals surface area contributed by atoms with Gasteiger partial charge in [0.1, 0.15) is 11.5 Å². The first kappa shape index (κ1) is 15.2. The molecule has 0 aliphatic carbocycles. The Morgan fingerprint density at radius 2 is 1.90 bits per heavy atom. The van der Waals surface area contributed by atoms with E-state index in [1.165, 1.54) is 13.0 Å². The molecule has 0 spiro atoms. The van der Waals surface area contributed by atoms with Gasteiger partial charge in [0.15, 0.2) is 21.5 Å². The topological polar surface area (TPSA) is 84.6 Å². The van der Waals surface area contributed by atoms with Gasteiger partial charge >= 0.3 is 5.97 Å². The number of hydrogen-bond donors (Lipinski definition) is 1. The van der Waals surface area contributed by atoms with E-state index in [-0.39, 0.29) is 17.1 Å².